The van der Waals surface area contributed by atoms with E-state index in [0.717, 1.165) is 10.4 Å². The number of ether oxygens (including phenoxy) is 1. The summed E-state index contributed by atoms with van der Waals surface area (Å²) in [5.74, 6) is -1.06. The molecule has 2 fully saturated rings. The van der Waals surface area contributed by atoms with Crippen LogP contribution in [0.2, 0.25) is 0 Å². The summed E-state index contributed by atoms with van der Waals surface area (Å²) in [6.45, 7) is 1.78. The Morgan fingerprint density at radius 2 is 1.97 bits per heavy atom. The van der Waals surface area contributed by atoms with Crippen LogP contribution in [0.4, 0.5) is 4.39 Å². The lowest BCUT2D eigenvalue weighted by atomic mass is 9.83. The van der Waals surface area contributed by atoms with Gasteiger partial charge >= 0.3 is 0 Å². The summed E-state index contributed by atoms with van der Waals surface area (Å²) >= 11 is 1.61. The smallest absolute Gasteiger partial charge is 0.257 e. The van der Waals surface area contributed by atoms with Crippen LogP contribution in [-0.2, 0) is 16.1 Å². The second-order valence-corrected chi connectivity index (χ2v) is 9.24. The molecule has 2 aliphatic heterocycles. The van der Waals surface area contributed by atoms with Crippen molar-refractivity contribution < 1.29 is 18.7 Å². The summed E-state index contributed by atoms with van der Waals surface area (Å²) in [6, 6.07) is 19.5. The van der Waals surface area contributed by atoms with Gasteiger partial charge in [0, 0.05) is 29.4 Å². The number of carbonyl (C=O) groups excluding carboxylic acids is 2. The summed E-state index contributed by atoms with van der Waals surface area (Å²) in [6.07, 6.45) is 0. The van der Waals surface area contributed by atoms with Gasteiger partial charge in [-0.05, 0) is 35.2 Å². The number of amides is 2. The first kappa shape index (κ1) is 20.8. The van der Waals surface area contributed by atoms with E-state index in [4.69, 9.17) is 4.74 Å². The number of hydrogen-bond acceptors (Lipinski definition) is 4. The Kier molecular flexibility index (Phi) is 5.53. The maximum atomic E-state index is 13.8. The lowest BCUT2D eigenvalue weighted by molar-refractivity contribution is -0.160. The van der Waals surface area contributed by atoms with Gasteiger partial charge in [0.2, 0.25) is 0 Å². The molecular weight excluding hydrogens is 427 g/mol. The standard InChI is InChI=1S/C25H23FN2O3S/c26-20-9-4-8-19(14-20)23(29)27-11-12-31-25(17-27)22(18-6-2-1-3-7-18)16-28(24(25)30)15-21-10-5-13-32-21/h1-10,13-14,22H,11-12,15-17H2/t22-,25+/m1/s1. The second-order valence-electron chi connectivity index (χ2n) is 8.20. The molecule has 0 bridgehead atoms. The van der Waals surface area contributed by atoms with Gasteiger partial charge in [0.25, 0.3) is 11.8 Å². The van der Waals surface area contributed by atoms with Crippen LogP contribution in [-0.4, -0.2) is 53.5 Å². The van der Waals surface area contributed by atoms with E-state index in [1.165, 1.54) is 18.2 Å². The number of morpholine rings is 1. The minimum absolute atomic E-state index is 0.100. The molecule has 3 heterocycles. The van der Waals surface area contributed by atoms with Crippen LogP contribution in [0, 0.1) is 5.82 Å². The zero-order valence-electron chi connectivity index (χ0n) is 17.4. The maximum absolute atomic E-state index is 13.8. The van der Waals surface area contributed by atoms with Crippen molar-refractivity contribution >= 4 is 23.2 Å². The zero-order chi connectivity index (χ0) is 22.1. The third-order valence-corrected chi connectivity index (χ3v) is 7.11. The van der Waals surface area contributed by atoms with Gasteiger partial charge in [0.15, 0.2) is 5.60 Å². The van der Waals surface area contributed by atoms with Crippen LogP contribution in [0.25, 0.3) is 0 Å². The average Bonchev–Trinajstić information content (AvgIpc) is 3.42. The lowest BCUT2D eigenvalue weighted by Crippen LogP contribution is -2.59. The molecule has 2 atom stereocenters. The molecule has 0 saturated carbocycles. The van der Waals surface area contributed by atoms with E-state index in [1.54, 1.807) is 22.3 Å². The highest BCUT2D eigenvalue weighted by atomic mass is 32.1. The highest BCUT2D eigenvalue weighted by Crippen LogP contribution is 2.43. The number of rotatable bonds is 4. The van der Waals surface area contributed by atoms with E-state index in [2.05, 4.69) is 0 Å². The van der Waals surface area contributed by atoms with E-state index in [-0.39, 0.29) is 36.4 Å². The molecule has 0 aliphatic carbocycles. The van der Waals surface area contributed by atoms with Gasteiger partial charge in [-0.25, -0.2) is 4.39 Å². The number of carbonyl (C=O) groups is 2. The van der Waals surface area contributed by atoms with Gasteiger partial charge in [0.1, 0.15) is 5.82 Å². The molecule has 1 spiro atoms. The Morgan fingerprint density at radius 1 is 1.12 bits per heavy atom. The van der Waals surface area contributed by atoms with Crippen LogP contribution in [0.1, 0.15) is 26.7 Å². The van der Waals surface area contributed by atoms with Crippen LogP contribution in [0.5, 0.6) is 0 Å². The minimum atomic E-state index is -1.15. The van der Waals surface area contributed by atoms with Crippen LogP contribution < -0.4 is 0 Å². The Hall–Kier alpha value is -3.03. The molecular formula is C25H23FN2O3S. The molecule has 2 aromatic carbocycles. The third-order valence-electron chi connectivity index (χ3n) is 6.25. The van der Waals surface area contributed by atoms with Crippen molar-refractivity contribution in [3.63, 3.8) is 0 Å². The molecule has 1 aromatic heterocycles. The molecule has 164 valence electrons. The second kappa shape index (κ2) is 8.48. The largest absolute Gasteiger partial charge is 0.361 e. The van der Waals surface area contributed by atoms with E-state index in [1.807, 2.05) is 52.7 Å². The van der Waals surface area contributed by atoms with Crippen LogP contribution in [0.15, 0.2) is 72.1 Å². The quantitative estimate of drug-likeness (QED) is 0.605. The van der Waals surface area contributed by atoms with Gasteiger partial charge in [0.05, 0.1) is 19.7 Å². The fourth-order valence-electron chi connectivity index (χ4n) is 4.72. The van der Waals surface area contributed by atoms with Crippen LogP contribution >= 0.6 is 11.3 Å². The molecule has 2 aliphatic rings. The maximum Gasteiger partial charge on any atom is 0.257 e. The highest BCUT2D eigenvalue weighted by Gasteiger charge is 2.58. The summed E-state index contributed by atoms with van der Waals surface area (Å²) in [7, 11) is 0. The van der Waals surface area contributed by atoms with Crippen LogP contribution in [0.3, 0.4) is 0 Å². The Labute approximate surface area is 190 Å². The molecule has 0 unspecified atom stereocenters. The first-order chi connectivity index (χ1) is 15.6. The molecule has 32 heavy (non-hydrogen) atoms. The van der Waals surface area contributed by atoms with Gasteiger partial charge in [-0.2, -0.15) is 0 Å². The fourth-order valence-corrected chi connectivity index (χ4v) is 5.44. The molecule has 5 nitrogen and oxygen atoms in total. The Bertz CT molecular complexity index is 1120. The first-order valence-electron chi connectivity index (χ1n) is 10.6. The van der Waals surface area contributed by atoms with Crippen molar-refractivity contribution in [1.82, 2.24) is 9.80 Å². The molecule has 0 N–H and O–H groups in total. The number of halogens is 1. The molecule has 2 saturated heterocycles. The van der Waals surface area contributed by atoms with Gasteiger partial charge in [-0.15, -0.1) is 11.3 Å². The van der Waals surface area contributed by atoms with E-state index < -0.39 is 11.4 Å². The van der Waals surface area contributed by atoms with Gasteiger partial charge < -0.3 is 14.5 Å². The highest BCUT2D eigenvalue weighted by molar-refractivity contribution is 7.09. The van der Waals surface area contributed by atoms with Crippen molar-refractivity contribution in [1.29, 1.82) is 0 Å². The van der Waals surface area contributed by atoms with Crippen molar-refractivity contribution in [2.24, 2.45) is 0 Å². The van der Waals surface area contributed by atoms with E-state index in [9.17, 15) is 14.0 Å². The SMILES string of the molecule is O=C(c1cccc(F)c1)N1CCO[C@]2(C1)C(=O)N(Cc1cccs1)C[C@@H]2c1ccccc1. The monoisotopic (exact) mass is 450 g/mol. The molecule has 5 rings (SSSR count). The molecule has 0 radical (unpaired) electrons. The predicted molar refractivity (Wildman–Crippen MR) is 120 cm³/mol. The number of benzene rings is 2. The van der Waals surface area contributed by atoms with Crippen molar-refractivity contribution in [3.8, 4) is 0 Å². The Morgan fingerprint density at radius 3 is 2.72 bits per heavy atom. The molecule has 7 heteroatoms. The first-order valence-corrected chi connectivity index (χ1v) is 11.5. The van der Waals surface area contributed by atoms with Crippen molar-refractivity contribution in [3.05, 3.63) is 93.9 Å². The third kappa shape index (κ3) is 3.72. The molecule has 2 amide bonds. The number of thiophene rings is 1. The normalized spacial score (nSPS) is 23.2. The topological polar surface area (TPSA) is 49.9 Å². The number of likely N-dealkylation sites (tertiary alicyclic amines) is 1. The van der Waals surface area contributed by atoms with Gasteiger partial charge in [-0.1, -0.05) is 42.5 Å². The van der Waals surface area contributed by atoms with E-state index >= 15 is 0 Å². The van der Waals surface area contributed by atoms with Crippen molar-refractivity contribution in [2.45, 2.75) is 18.1 Å². The zero-order valence-corrected chi connectivity index (χ0v) is 18.3. The summed E-state index contributed by atoms with van der Waals surface area (Å²) in [5, 5.41) is 2.00. The lowest BCUT2D eigenvalue weighted by Gasteiger charge is -2.42. The summed E-state index contributed by atoms with van der Waals surface area (Å²) in [4.78, 5) is 31.5. The fraction of sp³-hybridized carbons (Fsp3) is 0.280. The predicted octanol–water partition coefficient (Wildman–Crippen LogP) is 3.92. The average molecular weight is 451 g/mol. The summed E-state index contributed by atoms with van der Waals surface area (Å²) < 4.78 is 20.0. The Balaban J connectivity index is 1.48. The number of hydrogen-bond donors (Lipinski definition) is 0. The number of nitrogens with zero attached hydrogens (tertiary/aromatic N) is 2. The molecule has 3 aromatic rings. The summed E-state index contributed by atoms with van der Waals surface area (Å²) in [5.41, 5.74) is 0.133. The van der Waals surface area contributed by atoms with E-state index in [0.29, 0.717) is 19.6 Å². The van der Waals surface area contributed by atoms with Gasteiger partial charge in [-0.3, -0.25) is 9.59 Å². The van der Waals surface area contributed by atoms with Crippen molar-refractivity contribution in [2.75, 3.05) is 26.2 Å². The minimum Gasteiger partial charge on any atom is -0.361 e.